The third-order valence-corrected chi connectivity index (χ3v) is 2.32. The molecular formula is C9H11N3O9. The van der Waals surface area contributed by atoms with Gasteiger partial charge in [-0.05, 0) is 0 Å². The monoisotopic (exact) mass is 305 g/mol. The molecule has 12 nitrogen and oxygen atoms in total. The Morgan fingerprint density at radius 1 is 0.810 bits per heavy atom. The molecule has 12 heteroatoms. The Labute approximate surface area is 114 Å². The molecule has 0 aromatic carbocycles. The summed E-state index contributed by atoms with van der Waals surface area (Å²) in [7, 11) is 0. The highest BCUT2D eigenvalue weighted by molar-refractivity contribution is 5.67. The van der Waals surface area contributed by atoms with E-state index in [2.05, 4.69) is 0 Å². The van der Waals surface area contributed by atoms with Crippen LogP contribution in [-0.4, -0.2) is 52.4 Å². The van der Waals surface area contributed by atoms with Gasteiger partial charge in [-0.2, -0.15) is 0 Å². The molecule has 1 heterocycles. The zero-order chi connectivity index (χ0) is 16.3. The van der Waals surface area contributed by atoms with E-state index in [9.17, 15) is 24.0 Å². The molecule has 1 aromatic rings. The zero-order valence-electron chi connectivity index (χ0n) is 10.4. The molecule has 0 saturated heterocycles. The fourth-order valence-electron chi connectivity index (χ4n) is 1.54. The van der Waals surface area contributed by atoms with E-state index in [1.54, 1.807) is 0 Å². The number of aliphatic carboxylic acids is 2. The van der Waals surface area contributed by atoms with Crippen LogP contribution >= 0.6 is 0 Å². The Morgan fingerprint density at radius 3 is 1.43 bits per heavy atom. The van der Waals surface area contributed by atoms with Crippen LogP contribution in [0.1, 0.15) is 0 Å². The van der Waals surface area contributed by atoms with Crippen molar-refractivity contribution in [2.24, 2.45) is 0 Å². The number of nitrogens with zero attached hydrogens (tertiary/aromatic N) is 3. The van der Waals surface area contributed by atoms with Crippen LogP contribution in [0.5, 0.6) is 0 Å². The Bertz CT molecular complexity index is 684. The molecule has 1 aromatic heterocycles. The van der Waals surface area contributed by atoms with E-state index in [1.807, 2.05) is 0 Å². The van der Waals surface area contributed by atoms with Gasteiger partial charge in [0, 0.05) is 0 Å². The smallest absolute Gasteiger partial charge is 0.337 e. The standard InChI is InChI=1S/C9H11N3O9/c13-4(14)1-10-7(19)11(2-5(15)16)9(21)12(8(10)20)3-6(17)18/h4,13-14H,1-3H2,(H,15,16)(H,17,18). The van der Waals surface area contributed by atoms with Gasteiger partial charge in [0.05, 0.1) is 6.54 Å². The lowest BCUT2D eigenvalue weighted by Crippen LogP contribution is -2.56. The molecule has 0 aliphatic heterocycles. The minimum Gasteiger partial charge on any atom is -0.480 e. The highest BCUT2D eigenvalue weighted by Crippen LogP contribution is 1.82. The zero-order valence-corrected chi connectivity index (χ0v) is 10.4. The van der Waals surface area contributed by atoms with E-state index in [-0.39, 0.29) is 13.7 Å². The molecule has 0 radical (unpaired) electrons. The maximum absolute atomic E-state index is 11.8. The first-order valence-electron chi connectivity index (χ1n) is 5.39. The van der Waals surface area contributed by atoms with Crippen LogP contribution in [0, 0.1) is 0 Å². The Kier molecular flexibility index (Phi) is 4.78. The second-order valence-corrected chi connectivity index (χ2v) is 3.90. The average Bonchev–Trinajstić information content (AvgIpc) is 2.35. The van der Waals surface area contributed by atoms with Crippen molar-refractivity contribution in [3.63, 3.8) is 0 Å². The van der Waals surface area contributed by atoms with Crippen LogP contribution in [-0.2, 0) is 29.2 Å². The highest BCUT2D eigenvalue weighted by atomic mass is 16.5. The number of carboxylic acid groups (broad SMARTS) is 2. The SMILES string of the molecule is O=C(O)Cn1c(=O)n(CC(=O)O)c(=O)n(CC(O)O)c1=O. The largest absolute Gasteiger partial charge is 0.480 e. The number of rotatable bonds is 6. The third kappa shape index (κ3) is 3.64. The van der Waals surface area contributed by atoms with Crippen molar-refractivity contribution in [3.05, 3.63) is 31.5 Å². The van der Waals surface area contributed by atoms with Crippen molar-refractivity contribution in [2.75, 3.05) is 0 Å². The normalized spacial score (nSPS) is 10.8. The van der Waals surface area contributed by atoms with Crippen molar-refractivity contribution in [2.45, 2.75) is 25.9 Å². The Morgan fingerprint density at radius 2 is 1.14 bits per heavy atom. The van der Waals surface area contributed by atoms with Crippen LogP contribution in [0.25, 0.3) is 0 Å². The first-order chi connectivity index (χ1) is 9.65. The number of hydrogen-bond acceptors (Lipinski definition) is 7. The van der Waals surface area contributed by atoms with Crippen molar-refractivity contribution in [1.82, 2.24) is 13.7 Å². The maximum Gasteiger partial charge on any atom is 0.337 e. The van der Waals surface area contributed by atoms with Crippen LogP contribution < -0.4 is 17.1 Å². The number of aliphatic hydroxyl groups excluding tert-OH is 1. The maximum atomic E-state index is 11.8. The van der Waals surface area contributed by atoms with E-state index < -0.39 is 54.9 Å². The molecule has 0 saturated carbocycles. The van der Waals surface area contributed by atoms with Crippen molar-refractivity contribution in [1.29, 1.82) is 0 Å². The fraction of sp³-hybridized carbons (Fsp3) is 0.444. The molecule has 0 unspecified atom stereocenters. The minimum absolute atomic E-state index is 0.106. The van der Waals surface area contributed by atoms with E-state index in [4.69, 9.17) is 20.4 Å². The van der Waals surface area contributed by atoms with Crippen LogP contribution in [0.4, 0.5) is 0 Å². The summed E-state index contributed by atoms with van der Waals surface area (Å²) in [5.74, 6) is -3.16. The van der Waals surface area contributed by atoms with Gasteiger partial charge < -0.3 is 20.4 Å². The van der Waals surface area contributed by atoms with E-state index in [0.717, 1.165) is 0 Å². The quantitative estimate of drug-likeness (QED) is 0.377. The first-order valence-corrected chi connectivity index (χ1v) is 5.39. The average molecular weight is 305 g/mol. The topological polar surface area (TPSA) is 181 Å². The van der Waals surface area contributed by atoms with Crippen LogP contribution in [0.3, 0.4) is 0 Å². The molecule has 21 heavy (non-hydrogen) atoms. The van der Waals surface area contributed by atoms with Gasteiger partial charge in [-0.15, -0.1) is 0 Å². The Balaban J connectivity index is 3.70. The predicted octanol–water partition coefficient (Wildman–Crippen LogP) is -4.35. The van der Waals surface area contributed by atoms with Crippen molar-refractivity contribution < 1.29 is 30.0 Å². The van der Waals surface area contributed by atoms with E-state index >= 15 is 0 Å². The van der Waals surface area contributed by atoms with Gasteiger partial charge in [-0.25, -0.2) is 28.1 Å². The van der Waals surface area contributed by atoms with Gasteiger partial charge in [0.15, 0.2) is 6.29 Å². The summed E-state index contributed by atoms with van der Waals surface area (Å²) in [6, 6.07) is 0. The molecule has 4 N–H and O–H groups in total. The molecule has 1 rings (SSSR count). The summed E-state index contributed by atoms with van der Waals surface area (Å²) in [6.45, 7) is -3.17. The first kappa shape index (κ1) is 16.3. The summed E-state index contributed by atoms with van der Waals surface area (Å²) in [5.41, 5.74) is -4.19. The summed E-state index contributed by atoms with van der Waals surface area (Å²) in [5, 5.41) is 34.8. The lowest BCUT2D eigenvalue weighted by molar-refractivity contribution is -0.138. The van der Waals surface area contributed by atoms with Gasteiger partial charge in [-0.1, -0.05) is 0 Å². The number of aliphatic hydroxyl groups is 2. The van der Waals surface area contributed by atoms with Crippen molar-refractivity contribution in [3.8, 4) is 0 Å². The number of carbonyl (C=O) groups is 2. The molecule has 0 fully saturated rings. The number of aromatic nitrogens is 3. The Hall–Kier alpha value is -2.73. The molecule has 116 valence electrons. The molecular weight excluding hydrogens is 294 g/mol. The summed E-state index contributed by atoms with van der Waals surface area (Å²) in [6.07, 6.45) is -2.13. The summed E-state index contributed by atoms with van der Waals surface area (Å²) < 4.78 is 0.377. The molecule has 0 amide bonds. The number of carboxylic acids is 2. The second kappa shape index (κ2) is 6.15. The van der Waals surface area contributed by atoms with Gasteiger partial charge in [0.25, 0.3) is 0 Å². The lowest BCUT2D eigenvalue weighted by atomic mass is 10.5. The van der Waals surface area contributed by atoms with E-state index in [1.165, 1.54) is 0 Å². The molecule has 0 atom stereocenters. The molecule has 0 spiro atoms. The van der Waals surface area contributed by atoms with Crippen molar-refractivity contribution >= 4 is 11.9 Å². The summed E-state index contributed by atoms with van der Waals surface area (Å²) in [4.78, 5) is 56.6. The highest BCUT2D eigenvalue weighted by Gasteiger charge is 2.19. The molecule has 0 aliphatic carbocycles. The van der Waals surface area contributed by atoms with Gasteiger partial charge in [0.1, 0.15) is 13.1 Å². The molecule has 0 aliphatic rings. The third-order valence-electron chi connectivity index (χ3n) is 2.32. The van der Waals surface area contributed by atoms with Gasteiger partial charge >= 0.3 is 29.0 Å². The lowest BCUT2D eigenvalue weighted by Gasteiger charge is -2.12. The number of hydrogen-bond donors (Lipinski definition) is 4. The van der Waals surface area contributed by atoms with Crippen LogP contribution in [0.15, 0.2) is 14.4 Å². The predicted molar refractivity (Wildman–Crippen MR) is 62.7 cm³/mol. The molecule has 0 bridgehead atoms. The van der Waals surface area contributed by atoms with Gasteiger partial charge in [-0.3, -0.25) is 9.59 Å². The minimum atomic E-state index is -2.13. The summed E-state index contributed by atoms with van der Waals surface area (Å²) >= 11 is 0. The second-order valence-electron chi connectivity index (χ2n) is 3.90. The van der Waals surface area contributed by atoms with Gasteiger partial charge in [0.2, 0.25) is 0 Å². The van der Waals surface area contributed by atoms with E-state index in [0.29, 0.717) is 0 Å². The fourth-order valence-corrected chi connectivity index (χ4v) is 1.54. The van der Waals surface area contributed by atoms with Crippen LogP contribution in [0.2, 0.25) is 0 Å².